The third kappa shape index (κ3) is 6.46. The number of nitrogens with zero attached hydrogens (tertiary/aromatic N) is 1. The molecule has 2 atom stereocenters. The molecule has 0 aliphatic heterocycles. The van der Waals surface area contributed by atoms with Gasteiger partial charge in [-0.2, -0.15) is 0 Å². The van der Waals surface area contributed by atoms with Gasteiger partial charge in [-0.3, -0.25) is 4.98 Å². The Morgan fingerprint density at radius 3 is 2.23 bits per heavy atom. The van der Waals surface area contributed by atoms with E-state index in [1.807, 2.05) is 0 Å². The minimum absolute atomic E-state index is 0.154. The van der Waals surface area contributed by atoms with Gasteiger partial charge in [-0.1, -0.05) is 11.6 Å². The van der Waals surface area contributed by atoms with Crippen molar-refractivity contribution in [2.75, 3.05) is 12.9 Å². The smallest absolute Gasteiger partial charge is 0.209 e. The summed E-state index contributed by atoms with van der Waals surface area (Å²) in [6, 6.07) is 14.3. The number of aromatic nitrogens is 1. The van der Waals surface area contributed by atoms with Crippen LogP contribution in [0.25, 0.3) is 11.3 Å². The number of aliphatic hydroxyl groups is 2. The minimum atomic E-state index is -3.70. The van der Waals surface area contributed by atoms with Crippen LogP contribution in [0.4, 0.5) is 4.39 Å². The number of rotatable bonds is 8. The second kappa shape index (κ2) is 9.71. The molecule has 0 aliphatic carbocycles. The van der Waals surface area contributed by atoms with Crippen molar-refractivity contribution in [3.63, 3.8) is 0 Å². The number of ether oxygens (including phenoxy) is 1. The van der Waals surface area contributed by atoms with Gasteiger partial charge >= 0.3 is 0 Å². The van der Waals surface area contributed by atoms with Crippen molar-refractivity contribution in [3.05, 3.63) is 77.2 Å². The van der Waals surface area contributed by atoms with Crippen LogP contribution in [0.3, 0.4) is 0 Å². The molecule has 7 nitrogen and oxygen atoms in total. The lowest BCUT2D eigenvalue weighted by Gasteiger charge is -2.22. The number of pyridine rings is 1. The standard InChI is InChI=1S/C21H20ClFN2O5S/c1-31(28,29)25-21(20(27)12-26)19-11-14(22)10-18(24-19)13-2-6-16(7-3-13)30-17-8-4-15(23)5-9-17/h2-11,20-21,25-27H,12H2,1H3. The Morgan fingerprint density at radius 2 is 1.68 bits per heavy atom. The second-order valence-corrected chi connectivity index (χ2v) is 9.01. The normalized spacial score (nSPS) is 13.6. The second-order valence-electron chi connectivity index (χ2n) is 6.79. The molecule has 0 radical (unpaired) electrons. The summed E-state index contributed by atoms with van der Waals surface area (Å²) in [6.07, 6.45) is -0.477. The van der Waals surface area contributed by atoms with Crippen LogP contribution in [0.15, 0.2) is 60.7 Å². The van der Waals surface area contributed by atoms with Gasteiger partial charge in [-0.05, 0) is 60.7 Å². The van der Waals surface area contributed by atoms with Gasteiger partial charge in [0, 0.05) is 10.6 Å². The highest BCUT2D eigenvalue weighted by molar-refractivity contribution is 7.88. The molecular weight excluding hydrogens is 447 g/mol. The number of nitrogens with one attached hydrogen (secondary N) is 1. The molecule has 3 N–H and O–H groups in total. The zero-order valence-electron chi connectivity index (χ0n) is 16.4. The highest BCUT2D eigenvalue weighted by Gasteiger charge is 2.26. The predicted molar refractivity (Wildman–Crippen MR) is 115 cm³/mol. The molecule has 0 fully saturated rings. The van der Waals surface area contributed by atoms with Crippen molar-refractivity contribution in [2.45, 2.75) is 12.1 Å². The summed E-state index contributed by atoms with van der Waals surface area (Å²) in [5, 5.41) is 19.7. The molecule has 0 bridgehead atoms. The zero-order chi connectivity index (χ0) is 22.6. The Kier molecular flexibility index (Phi) is 7.24. The maximum absolute atomic E-state index is 13.0. The maximum Gasteiger partial charge on any atom is 0.209 e. The summed E-state index contributed by atoms with van der Waals surface area (Å²) in [5.41, 5.74) is 1.24. The fraction of sp³-hybridized carbons (Fsp3) is 0.190. The molecule has 1 aromatic heterocycles. The summed E-state index contributed by atoms with van der Waals surface area (Å²) in [5.74, 6) is 0.635. The first-order valence-electron chi connectivity index (χ1n) is 9.12. The SMILES string of the molecule is CS(=O)(=O)NC(c1cc(Cl)cc(-c2ccc(Oc3ccc(F)cc3)cc2)n1)C(O)CO. The fourth-order valence-corrected chi connectivity index (χ4v) is 3.78. The molecule has 0 aliphatic rings. The van der Waals surface area contributed by atoms with E-state index in [-0.39, 0.29) is 16.5 Å². The van der Waals surface area contributed by atoms with Crippen LogP contribution >= 0.6 is 11.6 Å². The maximum atomic E-state index is 13.0. The Balaban J connectivity index is 1.88. The van der Waals surface area contributed by atoms with Gasteiger partial charge in [0.2, 0.25) is 10.0 Å². The molecule has 0 spiro atoms. The van der Waals surface area contributed by atoms with Gasteiger partial charge in [0.1, 0.15) is 17.3 Å². The van der Waals surface area contributed by atoms with Crippen molar-refractivity contribution >= 4 is 21.6 Å². The van der Waals surface area contributed by atoms with Crippen LogP contribution in [-0.2, 0) is 10.0 Å². The summed E-state index contributed by atoms with van der Waals surface area (Å²) in [7, 11) is -3.70. The number of sulfonamides is 1. The first kappa shape index (κ1) is 23.1. The van der Waals surface area contributed by atoms with Gasteiger partial charge in [-0.25, -0.2) is 17.5 Å². The molecule has 0 saturated carbocycles. The van der Waals surface area contributed by atoms with Crippen LogP contribution in [0.5, 0.6) is 11.5 Å². The number of halogens is 2. The molecule has 3 aromatic rings. The third-order valence-electron chi connectivity index (χ3n) is 4.24. The minimum Gasteiger partial charge on any atom is -0.457 e. The van der Waals surface area contributed by atoms with E-state index in [2.05, 4.69) is 9.71 Å². The Hall–Kier alpha value is -2.56. The van der Waals surface area contributed by atoms with E-state index < -0.39 is 28.8 Å². The molecule has 10 heteroatoms. The molecule has 1 heterocycles. The summed E-state index contributed by atoms with van der Waals surface area (Å²) < 4.78 is 44.3. The summed E-state index contributed by atoms with van der Waals surface area (Å²) in [4.78, 5) is 4.42. The molecule has 164 valence electrons. The van der Waals surface area contributed by atoms with E-state index in [4.69, 9.17) is 16.3 Å². The lowest BCUT2D eigenvalue weighted by atomic mass is 10.1. The quantitative estimate of drug-likeness (QED) is 0.470. The molecule has 2 aromatic carbocycles. The molecular formula is C21H20ClFN2O5S. The molecule has 0 amide bonds. The Bertz CT molecular complexity index is 1140. The monoisotopic (exact) mass is 466 g/mol. The van der Waals surface area contributed by atoms with Gasteiger partial charge in [0.15, 0.2) is 0 Å². The molecule has 3 rings (SSSR count). The first-order chi connectivity index (χ1) is 14.6. The zero-order valence-corrected chi connectivity index (χ0v) is 17.9. The van der Waals surface area contributed by atoms with Gasteiger partial charge in [0.25, 0.3) is 0 Å². The average Bonchev–Trinajstić information content (AvgIpc) is 2.72. The largest absolute Gasteiger partial charge is 0.457 e. The predicted octanol–water partition coefficient (Wildman–Crippen LogP) is 3.28. The lowest BCUT2D eigenvalue weighted by molar-refractivity contribution is 0.0682. The van der Waals surface area contributed by atoms with Crippen LogP contribution < -0.4 is 9.46 Å². The topological polar surface area (TPSA) is 109 Å². The molecule has 2 unspecified atom stereocenters. The number of aliphatic hydroxyl groups excluding tert-OH is 2. The Morgan fingerprint density at radius 1 is 1.10 bits per heavy atom. The number of hydrogen-bond donors (Lipinski definition) is 3. The fourth-order valence-electron chi connectivity index (χ4n) is 2.83. The van der Waals surface area contributed by atoms with E-state index in [1.165, 1.54) is 30.3 Å². The van der Waals surface area contributed by atoms with Crippen molar-refractivity contribution < 1.29 is 27.8 Å². The van der Waals surface area contributed by atoms with E-state index in [9.17, 15) is 23.0 Å². The number of hydrogen-bond acceptors (Lipinski definition) is 6. The molecule has 0 saturated heterocycles. The van der Waals surface area contributed by atoms with Gasteiger partial charge in [-0.15, -0.1) is 0 Å². The van der Waals surface area contributed by atoms with E-state index in [0.717, 1.165) is 6.26 Å². The van der Waals surface area contributed by atoms with Crippen LogP contribution in [0, 0.1) is 5.82 Å². The average molecular weight is 467 g/mol. The van der Waals surface area contributed by atoms with E-state index in [0.29, 0.717) is 22.8 Å². The number of benzene rings is 2. The molecule has 31 heavy (non-hydrogen) atoms. The van der Waals surface area contributed by atoms with E-state index >= 15 is 0 Å². The van der Waals surface area contributed by atoms with Crippen molar-refractivity contribution in [1.82, 2.24) is 9.71 Å². The lowest BCUT2D eigenvalue weighted by Crippen LogP contribution is -2.38. The van der Waals surface area contributed by atoms with Crippen molar-refractivity contribution in [1.29, 1.82) is 0 Å². The summed E-state index contributed by atoms with van der Waals surface area (Å²) in [6.45, 7) is -0.674. The highest BCUT2D eigenvalue weighted by Crippen LogP contribution is 2.29. The van der Waals surface area contributed by atoms with Crippen molar-refractivity contribution in [2.24, 2.45) is 0 Å². The van der Waals surface area contributed by atoms with Crippen LogP contribution in [0.2, 0.25) is 5.02 Å². The summed E-state index contributed by atoms with van der Waals surface area (Å²) >= 11 is 6.20. The van der Waals surface area contributed by atoms with Gasteiger partial charge in [0.05, 0.1) is 36.4 Å². The highest BCUT2D eigenvalue weighted by atomic mass is 35.5. The van der Waals surface area contributed by atoms with Crippen LogP contribution in [-0.4, -0.2) is 42.6 Å². The van der Waals surface area contributed by atoms with Crippen LogP contribution in [0.1, 0.15) is 11.7 Å². The van der Waals surface area contributed by atoms with Gasteiger partial charge < -0.3 is 14.9 Å². The first-order valence-corrected chi connectivity index (χ1v) is 11.4. The Labute approximate surface area is 184 Å². The van der Waals surface area contributed by atoms with Crippen molar-refractivity contribution in [3.8, 4) is 22.8 Å². The third-order valence-corrected chi connectivity index (χ3v) is 5.14. The van der Waals surface area contributed by atoms with E-state index in [1.54, 1.807) is 30.3 Å².